The molecule has 2 aromatic heterocycles. The van der Waals surface area contributed by atoms with Gasteiger partial charge in [-0.1, -0.05) is 25.4 Å². The molecule has 8 heteroatoms. The van der Waals surface area contributed by atoms with E-state index in [2.05, 4.69) is 19.9 Å². The van der Waals surface area contributed by atoms with Crippen LogP contribution >= 0.6 is 11.6 Å². The minimum Gasteiger partial charge on any atom is -0.489 e. The third kappa shape index (κ3) is 5.09. The van der Waals surface area contributed by atoms with Gasteiger partial charge in [-0.15, -0.1) is 0 Å². The molecule has 0 radical (unpaired) electrons. The Bertz CT molecular complexity index is 1290. The molecule has 0 aliphatic carbocycles. The number of nitrogens with zero attached hydrogens (tertiary/aromatic N) is 4. The van der Waals surface area contributed by atoms with E-state index in [-0.39, 0.29) is 12.5 Å². The molecule has 1 aliphatic heterocycles. The van der Waals surface area contributed by atoms with Gasteiger partial charge in [0, 0.05) is 42.2 Å². The van der Waals surface area contributed by atoms with Gasteiger partial charge in [-0.05, 0) is 49.8 Å². The fraction of sp³-hybridized carbons (Fsp3) is 0.269. The molecule has 1 aromatic carbocycles. The second kappa shape index (κ2) is 9.89. The van der Waals surface area contributed by atoms with Crippen LogP contribution in [0.25, 0.3) is 11.4 Å². The molecule has 3 aromatic rings. The molecule has 0 fully saturated rings. The van der Waals surface area contributed by atoms with Crippen LogP contribution in [0.1, 0.15) is 45.0 Å². The Hall–Kier alpha value is -3.32. The zero-order valence-corrected chi connectivity index (χ0v) is 20.2. The Morgan fingerprint density at radius 3 is 2.62 bits per heavy atom. The first-order chi connectivity index (χ1) is 16.2. The molecule has 0 saturated carbocycles. The summed E-state index contributed by atoms with van der Waals surface area (Å²) in [6, 6.07) is 7.21. The predicted octanol–water partition coefficient (Wildman–Crippen LogP) is 6.81. The van der Waals surface area contributed by atoms with Gasteiger partial charge in [0.15, 0.2) is 0 Å². The number of aromatic nitrogens is 3. The SMILES string of the molecule is CC1=CC(OCc2ccc(F)cc2F)=C(C)CN1c1cc(-c2ccnc(C(C)C)n2)ncc1Cl. The lowest BCUT2D eigenvalue weighted by molar-refractivity contribution is 0.202. The first kappa shape index (κ1) is 23.8. The fourth-order valence-electron chi connectivity index (χ4n) is 3.63. The Kier molecular flexibility index (Phi) is 6.93. The van der Waals surface area contributed by atoms with Crippen molar-refractivity contribution in [2.24, 2.45) is 0 Å². The monoisotopic (exact) mass is 482 g/mol. The highest BCUT2D eigenvalue weighted by Gasteiger charge is 2.21. The van der Waals surface area contributed by atoms with Gasteiger partial charge in [0.25, 0.3) is 0 Å². The third-order valence-electron chi connectivity index (χ3n) is 5.56. The van der Waals surface area contributed by atoms with Gasteiger partial charge in [-0.25, -0.2) is 18.7 Å². The molecular weight excluding hydrogens is 458 g/mol. The van der Waals surface area contributed by atoms with Crippen molar-refractivity contribution >= 4 is 17.3 Å². The number of rotatable bonds is 6. The van der Waals surface area contributed by atoms with Gasteiger partial charge in [0.2, 0.25) is 0 Å². The van der Waals surface area contributed by atoms with E-state index in [4.69, 9.17) is 16.3 Å². The van der Waals surface area contributed by atoms with Crippen LogP contribution in [-0.2, 0) is 11.3 Å². The predicted molar refractivity (Wildman–Crippen MR) is 129 cm³/mol. The third-order valence-corrected chi connectivity index (χ3v) is 5.85. The van der Waals surface area contributed by atoms with Crippen molar-refractivity contribution in [2.45, 2.75) is 40.2 Å². The maximum absolute atomic E-state index is 14.0. The zero-order valence-electron chi connectivity index (χ0n) is 19.4. The number of hydrogen-bond acceptors (Lipinski definition) is 5. The summed E-state index contributed by atoms with van der Waals surface area (Å²) in [7, 11) is 0. The molecule has 0 saturated heterocycles. The van der Waals surface area contributed by atoms with E-state index in [0.717, 1.165) is 34.5 Å². The molecule has 0 atom stereocenters. The minimum absolute atomic E-state index is 0.00856. The normalized spacial score (nSPS) is 14.0. The molecule has 0 bridgehead atoms. The van der Waals surface area contributed by atoms with Crippen LogP contribution in [0.5, 0.6) is 0 Å². The molecule has 0 N–H and O–H groups in total. The quantitative estimate of drug-likeness (QED) is 0.386. The zero-order chi connectivity index (χ0) is 24.4. The van der Waals surface area contributed by atoms with Crippen LogP contribution in [0.2, 0.25) is 5.02 Å². The molecule has 0 spiro atoms. The summed E-state index contributed by atoms with van der Waals surface area (Å²) in [5, 5.41) is 0.514. The van der Waals surface area contributed by atoms with E-state index in [1.165, 1.54) is 12.1 Å². The minimum atomic E-state index is -0.627. The van der Waals surface area contributed by atoms with Gasteiger partial charge in [-0.2, -0.15) is 0 Å². The molecule has 1 aliphatic rings. The van der Waals surface area contributed by atoms with Gasteiger partial charge in [0.1, 0.15) is 29.8 Å². The lowest BCUT2D eigenvalue weighted by Crippen LogP contribution is -2.27. The number of benzene rings is 1. The van der Waals surface area contributed by atoms with Crippen LogP contribution < -0.4 is 4.90 Å². The second-order valence-corrected chi connectivity index (χ2v) is 8.92. The van der Waals surface area contributed by atoms with E-state index in [1.54, 1.807) is 12.4 Å². The number of allylic oxidation sites excluding steroid dienone is 2. The lowest BCUT2D eigenvalue weighted by atomic mass is 10.1. The van der Waals surface area contributed by atoms with E-state index in [9.17, 15) is 8.78 Å². The van der Waals surface area contributed by atoms with Crippen molar-refractivity contribution in [3.05, 3.63) is 93.9 Å². The molecule has 176 valence electrons. The van der Waals surface area contributed by atoms with Crippen LogP contribution in [0.4, 0.5) is 14.5 Å². The highest BCUT2D eigenvalue weighted by Crippen LogP contribution is 2.34. The lowest BCUT2D eigenvalue weighted by Gasteiger charge is -2.31. The Labute approximate surface area is 202 Å². The van der Waals surface area contributed by atoms with Crippen molar-refractivity contribution in [2.75, 3.05) is 11.4 Å². The summed E-state index contributed by atoms with van der Waals surface area (Å²) in [5.41, 5.74) is 4.38. The Balaban J connectivity index is 1.57. The summed E-state index contributed by atoms with van der Waals surface area (Å²) in [4.78, 5) is 15.5. The molecule has 0 unspecified atom stereocenters. The Morgan fingerprint density at radius 1 is 1.09 bits per heavy atom. The van der Waals surface area contributed by atoms with Gasteiger partial charge >= 0.3 is 0 Å². The van der Waals surface area contributed by atoms with Crippen molar-refractivity contribution in [1.29, 1.82) is 0 Å². The van der Waals surface area contributed by atoms with E-state index >= 15 is 0 Å². The topological polar surface area (TPSA) is 51.1 Å². The molecular formula is C26H25ClF2N4O. The van der Waals surface area contributed by atoms with Crippen molar-refractivity contribution in [3.63, 3.8) is 0 Å². The first-order valence-electron chi connectivity index (χ1n) is 10.9. The number of hydrogen-bond donors (Lipinski definition) is 0. The van der Waals surface area contributed by atoms with Crippen molar-refractivity contribution < 1.29 is 13.5 Å². The fourth-order valence-corrected chi connectivity index (χ4v) is 3.84. The molecule has 4 rings (SSSR count). The van der Waals surface area contributed by atoms with Crippen LogP contribution in [0.3, 0.4) is 0 Å². The smallest absolute Gasteiger partial charge is 0.132 e. The van der Waals surface area contributed by atoms with Crippen LogP contribution in [0, 0.1) is 11.6 Å². The summed E-state index contributed by atoms with van der Waals surface area (Å²) in [6.07, 6.45) is 5.25. The standard InChI is InChI=1S/C26H25ClF2N4O/c1-15(2)26-30-8-7-22(32-26)23-11-24(20(27)12-31-23)33-13-16(3)25(9-17(33)4)34-14-18-5-6-19(28)10-21(18)29/h5-12,15H,13-14H2,1-4H3. The average Bonchev–Trinajstić information content (AvgIpc) is 2.81. The number of ether oxygens (including phenoxy) is 1. The van der Waals surface area contributed by atoms with E-state index in [0.29, 0.717) is 28.6 Å². The van der Waals surface area contributed by atoms with Crippen molar-refractivity contribution in [3.8, 4) is 11.4 Å². The second-order valence-electron chi connectivity index (χ2n) is 8.52. The number of pyridine rings is 1. The van der Waals surface area contributed by atoms with Gasteiger partial charge in [0.05, 0.1) is 22.1 Å². The van der Waals surface area contributed by atoms with Crippen LogP contribution in [-0.4, -0.2) is 21.5 Å². The highest BCUT2D eigenvalue weighted by molar-refractivity contribution is 6.33. The maximum Gasteiger partial charge on any atom is 0.132 e. The van der Waals surface area contributed by atoms with E-state index in [1.807, 2.05) is 45.9 Å². The van der Waals surface area contributed by atoms with Gasteiger partial charge in [-0.3, -0.25) is 4.98 Å². The molecule has 3 heterocycles. The molecule has 34 heavy (non-hydrogen) atoms. The molecule has 5 nitrogen and oxygen atoms in total. The summed E-state index contributed by atoms with van der Waals surface area (Å²) in [6.45, 7) is 8.53. The van der Waals surface area contributed by atoms with Crippen LogP contribution in [0.15, 0.2) is 65.8 Å². The largest absolute Gasteiger partial charge is 0.489 e. The summed E-state index contributed by atoms with van der Waals surface area (Å²) >= 11 is 6.54. The summed E-state index contributed by atoms with van der Waals surface area (Å²) < 4.78 is 33.0. The summed E-state index contributed by atoms with van der Waals surface area (Å²) in [5.74, 6) is 0.367. The first-order valence-corrected chi connectivity index (χ1v) is 11.3. The van der Waals surface area contributed by atoms with Gasteiger partial charge < -0.3 is 9.64 Å². The maximum atomic E-state index is 14.0. The van der Waals surface area contributed by atoms with E-state index < -0.39 is 11.6 Å². The Morgan fingerprint density at radius 2 is 1.88 bits per heavy atom. The average molecular weight is 483 g/mol. The molecule has 0 amide bonds. The van der Waals surface area contributed by atoms with Crippen molar-refractivity contribution in [1.82, 2.24) is 15.0 Å². The highest BCUT2D eigenvalue weighted by atomic mass is 35.5. The number of halogens is 3. The number of anilines is 1.